The van der Waals surface area contributed by atoms with Crippen molar-refractivity contribution in [2.45, 2.75) is 26.3 Å². The van der Waals surface area contributed by atoms with Crippen molar-refractivity contribution in [3.8, 4) is 5.75 Å². The minimum Gasteiger partial charge on any atom is -0.506 e. The second-order valence-corrected chi connectivity index (χ2v) is 5.03. The molecule has 2 aromatic rings. The lowest BCUT2D eigenvalue weighted by Gasteiger charge is -2.17. The Labute approximate surface area is 120 Å². The van der Waals surface area contributed by atoms with E-state index in [-0.39, 0.29) is 11.3 Å². The maximum absolute atomic E-state index is 12.2. The fourth-order valence-electron chi connectivity index (χ4n) is 2.69. The zero-order chi connectivity index (χ0) is 15.0. The molecule has 7 heteroatoms. The Hall–Kier alpha value is -2.44. The van der Waals surface area contributed by atoms with E-state index in [0.717, 1.165) is 25.9 Å². The van der Waals surface area contributed by atoms with Crippen LogP contribution in [0.4, 0.5) is 5.95 Å². The van der Waals surface area contributed by atoms with Crippen LogP contribution in [-0.2, 0) is 6.54 Å². The van der Waals surface area contributed by atoms with E-state index in [1.807, 2.05) is 0 Å². The first-order chi connectivity index (χ1) is 10.2. The number of fused-ring (bicyclic) bond motifs is 1. The van der Waals surface area contributed by atoms with Crippen molar-refractivity contribution in [2.24, 2.45) is 0 Å². The summed E-state index contributed by atoms with van der Waals surface area (Å²) in [7, 11) is 0. The Kier molecular flexibility index (Phi) is 3.32. The number of carbonyl (C=O) groups excluding carboxylic acids is 1. The summed E-state index contributed by atoms with van der Waals surface area (Å²) in [4.78, 5) is 33.9. The van der Waals surface area contributed by atoms with Crippen molar-refractivity contribution in [1.82, 2.24) is 14.5 Å². The summed E-state index contributed by atoms with van der Waals surface area (Å²) in [5, 5.41) is 10.4. The molecule has 0 aliphatic carbocycles. The molecule has 0 aromatic carbocycles. The summed E-state index contributed by atoms with van der Waals surface area (Å²) in [6, 6.07) is 0. The third kappa shape index (κ3) is 2.05. The van der Waals surface area contributed by atoms with Crippen LogP contribution in [0.15, 0.2) is 11.0 Å². The van der Waals surface area contributed by atoms with Crippen LogP contribution >= 0.6 is 0 Å². The van der Waals surface area contributed by atoms with Crippen molar-refractivity contribution in [1.29, 1.82) is 0 Å². The van der Waals surface area contributed by atoms with Gasteiger partial charge in [0.2, 0.25) is 5.95 Å². The van der Waals surface area contributed by atoms with Gasteiger partial charge in [-0.25, -0.2) is 4.98 Å². The molecule has 1 saturated heterocycles. The van der Waals surface area contributed by atoms with Crippen molar-refractivity contribution in [2.75, 3.05) is 18.0 Å². The van der Waals surface area contributed by atoms with E-state index in [4.69, 9.17) is 0 Å². The molecule has 3 heterocycles. The minimum atomic E-state index is -0.524. The number of hydrogen-bond donors (Lipinski definition) is 1. The Morgan fingerprint density at radius 1 is 1.38 bits per heavy atom. The molecule has 0 saturated carbocycles. The van der Waals surface area contributed by atoms with Gasteiger partial charge in [0, 0.05) is 25.8 Å². The molecule has 0 bridgehead atoms. The normalized spacial score (nSPS) is 14.8. The monoisotopic (exact) mass is 288 g/mol. The number of aldehydes is 1. The molecule has 1 aliphatic rings. The van der Waals surface area contributed by atoms with E-state index in [0.29, 0.717) is 29.8 Å². The second-order valence-electron chi connectivity index (χ2n) is 5.03. The number of anilines is 1. The number of aromatic nitrogens is 3. The molecule has 0 spiro atoms. The van der Waals surface area contributed by atoms with Crippen molar-refractivity contribution < 1.29 is 9.90 Å². The summed E-state index contributed by atoms with van der Waals surface area (Å²) in [6.07, 6.45) is 4.04. The molecule has 1 N–H and O–H groups in total. The third-order valence-electron chi connectivity index (χ3n) is 3.82. The van der Waals surface area contributed by atoms with E-state index >= 15 is 0 Å². The van der Waals surface area contributed by atoms with Gasteiger partial charge in [-0.15, -0.1) is 0 Å². The molecule has 1 fully saturated rings. The van der Waals surface area contributed by atoms with Crippen LogP contribution in [0.5, 0.6) is 5.75 Å². The van der Waals surface area contributed by atoms with E-state index in [1.165, 1.54) is 10.8 Å². The summed E-state index contributed by atoms with van der Waals surface area (Å²) in [5.41, 5.74) is -0.409. The van der Waals surface area contributed by atoms with Gasteiger partial charge in [-0.1, -0.05) is 0 Å². The lowest BCUT2D eigenvalue weighted by atomic mass is 10.2. The SMILES string of the molecule is CCn1c(=O)c(C=O)c(O)c2cnc(N3CCCC3)nc21. The fourth-order valence-corrected chi connectivity index (χ4v) is 2.69. The molecular weight excluding hydrogens is 272 g/mol. The van der Waals surface area contributed by atoms with Crippen LogP contribution in [0, 0.1) is 0 Å². The summed E-state index contributed by atoms with van der Waals surface area (Å²) >= 11 is 0. The van der Waals surface area contributed by atoms with E-state index in [9.17, 15) is 14.7 Å². The standard InChI is InChI=1S/C14H16N4O3/c1-2-18-12-9(11(20)10(8-19)13(18)21)7-15-14(16-12)17-5-3-4-6-17/h7-8,20H,2-6H2,1H3. The molecule has 7 nitrogen and oxygen atoms in total. The van der Waals surface area contributed by atoms with Gasteiger partial charge in [0.1, 0.15) is 11.3 Å². The van der Waals surface area contributed by atoms with Crippen LogP contribution in [0.1, 0.15) is 30.1 Å². The molecule has 21 heavy (non-hydrogen) atoms. The van der Waals surface area contributed by atoms with E-state index in [1.54, 1.807) is 6.92 Å². The summed E-state index contributed by atoms with van der Waals surface area (Å²) in [6.45, 7) is 3.94. The number of aryl methyl sites for hydroxylation is 1. The number of hydrogen-bond acceptors (Lipinski definition) is 6. The van der Waals surface area contributed by atoms with Gasteiger partial charge < -0.3 is 10.0 Å². The molecule has 3 rings (SSSR count). The van der Waals surface area contributed by atoms with Gasteiger partial charge in [0.15, 0.2) is 11.9 Å². The highest BCUT2D eigenvalue weighted by atomic mass is 16.3. The molecule has 0 amide bonds. The first-order valence-electron chi connectivity index (χ1n) is 7.00. The number of pyridine rings is 1. The highest BCUT2D eigenvalue weighted by molar-refractivity contribution is 5.91. The lowest BCUT2D eigenvalue weighted by molar-refractivity contribution is 0.111. The summed E-state index contributed by atoms with van der Waals surface area (Å²) < 4.78 is 1.39. The van der Waals surface area contributed by atoms with Crippen molar-refractivity contribution in [3.05, 3.63) is 22.1 Å². The Morgan fingerprint density at radius 3 is 2.71 bits per heavy atom. The molecule has 2 aromatic heterocycles. The quantitative estimate of drug-likeness (QED) is 0.845. The van der Waals surface area contributed by atoms with Crippen LogP contribution in [0.25, 0.3) is 11.0 Å². The fraction of sp³-hybridized carbons (Fsp3) is 0.429. The number of rotatable bonds is 3. The van der Waals surface area contributed by atoms with Crippen LogP contribution in [0.3, 0.4) is 0 Å². The van der Waals surface area contributed by atoms with Gasteiger partial charge in [0.25, 0.3) is 5.56 Å². The van der Waals surface area contributed by atoms with Gasteiger partial charge >= 0.3 is 0 Å². The lowest BCUT2D eigenvalue weighted by Crippen LogP contribution is -2.26. The zero-order valence-corrected chi connectivity index (χ0v) is 11.7. The molecule has 0 radical (unpaired) electrons. The van der Waals surface area contributed by atoms with Crippen LogP contribution in [-0.4, -0.2) is 39.0 Å². The Balaban J connectivity index is 2.29. The molecule has 110 valence electrons. The van der Waals surface area contributed by atoms with Gasteiger partial charge in [0.05, 0.1) is 5.39 Å². The third-order valence-corrected chi connectivity index (χ3v) is 3.82. The topological polar surface area (TPSA) is 88.3 Å². The first kappa shape index (κ1) is 13.5. The second kappa shape index (κ2) is 5.16. The van der Waals surface area contributed by atoms with Crippen LogP contribution in [0.2, 0.25) is 0 Å². The highest BCUT2D eigenvalue weighted by Crippen LogP contribution is 2.26. The molecule has 0 unspecified atom stereocenters. The highest BCUT2D eigenvalue weighted by Gasteiger charge is 2.20. The largest absolute Gasteiger partial charge is 0.506 e. The average molecular weight is 288 g/mol. The predicted octanol–water partition coefficient (Wildman–Crippen LogP) is 0.930. The minimum absolute atomic E-state index is 0.248. The van der Waals surface area contributed by atoms with Crippen molar-refractivity contribution >= 4 is 23.3 Å². The van der Waals surface area contributed by atoms with Crippen molar-refractivity contribution in [3.63, 3.8) is 0 Å². The molecular formula is C14H16N4O3. The first-order valence-corrected chi connectivity index (χ1v) is 7.00. The summed E-state index contributed by atoms with van der Waals surface area (Å²) in [5.74, 6) is 0.211. The maximum Gasteiger partial charge on any atom is 0.266 e. The van der Waals surface area contributed by atoms with Crippen LogP contribution < -0.4 is 10.5 Å². The number of aromatic hydroxyl groups is 1. The molecule has 1 aliphatic heterocycles. The van der Waals surface area contributed by atoms with Gasteiger partial charge in [-0.3, -0.25) is 14.2 Å². The van der Waals surface area contributed by atoms with E-state index < -0.39 is 5.56 Å². The van der Waals surface area contributed by atoms with Gasteiger partial charge in [-0.05, 0) is 19.8 Å². The van der Waals surface area contributed by atoms with Gasteiger partial charge in [-0.2, -0.15) is 4.98 Å². The number of nitrogens with zero attached hydrogens (tertiary/aromatic N) is 4. The average Bonchev–Trinajstić information content (AvgIpc) is 3.02. The number of carbonyl (C=O) groups is 1. The maximum atomic E-state index is 12.2. The smallest absolute Gasteiger partial charge is 0.266 e. The Bertz CT molecular complexity index is 763. The zero-order valence-electron chi connectivity index (χ0n) is 11.7. The van der Waals surface area contributed by atoms with E-state index in [2.05, 4.69) is 14.9 Å². The Morgan fingerprint density at radius 2 is 2.10 bits per heavy atom. The predicted molar refractivity (Wildman–Crippen MR) is 78.0 cm³/mol. The molecule has 0 atom stereocenters.